The van der Waals surface area contributed by atoms with Crippen LogP contribution in [0.4, 0.5) is 5.69 Å². The van der Waals surface area contributed by atoms with E-state index in [1.54, 1.807) is 6.26 Å². The van der Waals surface area contributed by atoms with Crippen LogP contribution in [0, 0.1) is 13.2 Å². The Hall–Kier alpha value is -1.49. The highest BCUT2D eigenvalue weighted by Crippen LogP contribution is 2.11. The fourth-order valence-corrected chi connectivity index (χ4v) is 0.677. The lowest BCUT2D eigenvalue weighted by Crippen LogP contribution is -1.66. The number of benzene rings is 1. The van der Waals surface area contributed by atoms with Gasteiger partial charge in [-0.25, -0.2) is 0 Å². The second-order valence-electron chi connectivity index (χ2n) is 2.05. The standard InChI is InChI=1S/C8H7NO/c1-7-2-4-8(5-3-7)9-6-10/h2-5H,1H3/p+1. The first-order valence-corrected chi connectivity index (χ1v) is 2.99. The summed E-state index contributed by atoms with van der Waals surface area (Å²) in [5.41, 5.74) is 1.89. The van der Waals surface area contributed by atoms with Gasteiger partial charge in [-0.15, -0.1) is 0 Å². The van der Waals surface area contributed by atoms with Crippen LogP contribution >= 0.6 is 0 Å². The summed E-state index contributed by atoms with van der Waals surface area (Å²) >= 11 is 0. The van der Waals surface area contributed by atoms with Crippen LogP contribution in [0.2, 0.25) is 0 Å². The van der Waals surface area contributed by atoms with Crippen LogP contribution in [0.3, 0.4) is 0 Å². The molecule has 0 heterocycles. The van der Waals surface area contributed by atoms with Gasteiger partial charge in [0.2, 0.25) is 0 Å². The Bertz CT molecular complexity index is 266. The second-order valence-corrected chi connectivity index (χ2v) is 2.05. The van der Waals surface area contributed by atoms with Crippen molar-refractivity contribution in [3.8, 4) is 6.26 Å². The quantitative estimate of drug-likeness (QED) is 0.541. The van der Waals surface area contributed by atoms with E-state index in [0.717, 1.165) is 0 Å². The molecule has 2 nitrogen and oxygen atoms in total. The minimum absolute atomic E-state index is 0.716. The zero-order valence-electron chi connectivity index (χ0n) is 5.70. The van der Waals surface area contributed by atoms with E-state index in [0.29, 0.717) is 5.69 Å². The molecule has 0 aromatic heterocycles. The molecule has 0 aliphatic carbocycles. The van der Waals surface area contributed by atoms with E-state index < -0.39 is 0 Å². The summed E-state index contributed by atoms with van der Waals surface area (Å²) in [6, 6.07) is 7.49. The molecule has 0 spiro atoms. The van der Waals surface area contributed by atoms with Crippen molar-refractivity contribution in [1.82, 2.24) is 0 Å². The monoisotopic (exact) mass is 134 g/mol. The molecule has 0 amide bonds. The SMILES string of the molecule is Cc1ccc([N+]#CO)cc1. The van der Waals surface area contributed by atoms with Crippen molar-refractivity contribution in [2.75, 3.05) is 0 Å². The van der Waals surface area contributed by atoms with Crippen molar-refractivity contribution >= 4 is 5.69 Å². The normalized spacial score (nSPS) is 8.10. The first-order chi connectivity index (χ1) is 4.83. The lowest BCUT2D eigenvalue weighted by molar-refractivity contribution is 0.515. The van der Waals surface area contributed by atoms with Gasteiger partial charge in [0.15, 0.2) is 0 Å². The predicted octanol–water partition coefficient (Wildman–Crippen LogP) is 2.29. The summed E-state index contributed by atoms with van der Waals surface area (Å²) in [6.45, 7) is 2.00. The first kappa shape index (κ1) is 6.63. The molecule has 0 atom stereocenters. The number of nitrogens with zero attached hydrogens (tertiary/aromatic N) is 1. The van der Waals surface area contributed by atoms with E-state index in [-0.39, 0.29) is 0 Å². The average Bonchev–Trinajstić information content (AvgIpc) is 1.95. The Morgan fingerprint density at radius 3 is 2.40 bits per heavy atom. The zero-order valence-corrected chi connectivity index (χ0v) is 5.70. The molecule has 0 radical (unpaired) electrons. The van der Waals surface area contributed by atoms with Gasteiger partial charge in [-0.3, -0.25) is 0 Å². The van der Waals surface area contributed by atoms with Crippen LogP contribution in [-0.2, 0) is 0 Å². The Balaban J connectivity index is 2.97. The molecule has 0 fully saturated rings. The molecule has 0 aliphatic heterocycles. The third-order valence-electron chi connectivity index (χ3n) is 1.21. The first-order valence-electron chi connectivity index (χ1n) is 2.99. The Morgan fingerprint density at radius 1 is 1.30 bits per heavy atom. The molecule has 10 heavy (non-hydrogen) atoms. The highest BCUT2D eigenvalue weighted by molar-refractivity contribution is 5.46. The van der Waals surface area contributed by atoms with E-state index in [9.17, 15) is 0 Å². The minimum atomic E-state index is 0.716. The molecule has 1 rings (SSSR count). The van der Waals surface area contributed by atoms with Crippen molar-refractivity contribution in [3.05, 3.63) is 34.7 Å². The highest BCUT2D eigenvalue weighted by Gasteiger charge is 1.96. The number of aryl methyl sites for hydroxylation is 1. The van der Waals surface area contributed by atoms with Crippen LogP contribution in [-0.4, -0.2) is 5.11 Å². The largest absolute Gasteiger partial charge is 0.520 e. The molecular formula is C8H8NO+. The van der Waals surface area contributed by atoms with Crippen LogP contribution in [0.25, 0.3) is 4.85 Å². The van der Waals surface area contributed by atoms with Crippen LogP contribution < -0.4 is 0 Å². The third kappa shape index (κ3) is 1.49. The number of aliphatic hydroxyl groups excluding tert-OH is 1. The van der Waals surface area contributed by atoms with E-state index >= 15 is 0 Å². The molecule has 1 N–H and O–H groups in total. The van der Waals surface area contributed by atoms with Gasteiger partial charge in [0.1, 0.15) is 0 Å². The van der Waals surface area contributed by atoms with Gasteiger partial charge >= 0.3 is 11.9 Å². The fraction of sp³-hybridized carbons (Fsp3) is 0.125. The van der Waals surface area contributed by atoms with Crippen LogP contribution in [0.1, 0.15) is 5.56 Å². The van der Waals surface area contributed by atoms with Gasteiger partial charge in [-0.05, 0) is 6.92 Å². The zero-order chi connectivity index (χ0) is 7.40. The van der Waals surface area contributed by atoms with Crippen molar-refractivity contribution < 1.29 is 5.11 Å². The predicted molar refractivity (Wildman–Crippen MR) is 40.0 cm³/mol. The van der Waals surface area contributed by atoms with E-state index in [2.05, 4.69) is 4.85 Å². The summed E-state index contributed by atoms with van der Waals surface area (Å²) in [4.78, 5) is 3.55. The van der Waals surface area contributed by atoms with Gasteiger partial charge in [-0.1, -0.05) is 17.7 Å². The molecule has 2 heteroatoms. The number of aliphatic hydroxyl groups is 1. The molecule has 0 unspecified atom stereocenters. The molecule has 0 saturated carbocycles. The molecule has 50 valence electrons. The van der Waals surface area contributed by atoms with Crippen LogP contribution in [0.15, 0.2) is 24.3 Å². The molecule has 1 aromatic carbocycles. The van der Waals surface area contributed by atoms with Gasteiger partial charge < -0.3 is 5.11 Å². The Kier molecular flexibility index (Phi) is 1.91. The maximum absolute atomic E-state index is 8.17. The molecule has 0 saturated heterocycles. The maximum atomic E-state index is 8.17. The molecule has 1 aromatic rings. The topological polar surface area (TPSA) is 24.6 Å². The Morgan fingerprint density at radius 2 is 1.90 bits per heavy atom. The summed E-state index contributed by atoms with van der Waals surface area (Å²) in [7, 11) is 0. The number of hydrogen-bond acceptors (Lipinski definition) is 1. The minimum Gasteiger partial charge on any atom is -0.408 e. The van der Waals surface area contributed by atoms with Crippen LogP contribution in [0.5, 0.6) is 0 Å². The van der Waals surface area contributed by atoms with E-state index in [4.69, 9.17) is 5.11 Å². The summed E-state index contributed by atoms with van der Waals surface area (Å²) < 4.78 is 0. The molecule has 0 bridgehead atoms. The highest BCUT2D eigenvalue weighted by atomic mass is 16.2. The third-order valence-corrected chi connectivity index (χ3v) is 1.21. The van der Waals surface area contributed by atoms with Crippen molar-refractivity contribution in [3.63, 3.8) is 0 Å². The lowest BCUT2D eigenvalue weighted by atomic mass is 10.2. The average molecular weight is 134 g/mol. The number of hydrogen-bond donors (Lipinski definition) is 1. The number of rotatable bonds is 0. The molecule has 0 aliphatic rings. The lowest BCUT2D eigenvalue weighted by Gasteiger charge is -1.82. The van der Waals surface area contributed by atoms with Gasteiger partial charge in [0, 0.05) is 17.0 Å². The fourth-order valence-electron chi connectivity index (χ4n) is 0.677. The maximum Gasteiger partial charge on any atom is 0.520 e. The molecular weight excluding hydrogens is 126 g/mol. The second kappa shape index (κ2) is 2.88. The van der Waals surface area contributed by atoms with Gasteiger partial charge in [0.25, 0.3) is 0 Å². The Labute approximate surface area is 59.6 Å². The summed E-state index contributed by atoms with van der Waals surface area (Å²) in [5, 5.41) is 8.17. The van der Waals surface area contributed by atoms with E-state index in [1.807, 2.05) is 31.2 Å². The van der Waals surface area contributed by atoms with Crippen molar-refractivity contribution in [2.24, 2.45) is 0 Å². The van der Waals surface area contributed by atoms with Crippen molar-refractivity contribution in [1.29, 1.82) is 0 Å². The summed E-state index contributed by atoms with van der Waals surface area (Å²) in [5.74, 6) is 0. The van der Waals surface area contributed by atoms with Gasteiger partial charge in [-0.2, -0.15) is 0 Å². The van der Waals surface area contributed by atoms with E-state index in [1.165, 1.54) is 5.56 Å². The van der Waals surface area contributed by atoms with Gasteiger partial charge in [0.05, 0.1) is 0 Å². The summed E-state index contributed by atoms with van der Waals surface area (Å²) in [6.07, 6.45) is 1.73. The smallest absolute Gasteiger partial charge is 0.408 e. The van der Waals surface area contributed by atoms with Crippen molar-refractivity contribution in [2.45, 2.75) is 6.92 Å².